The lowest BCUT2D eigenvalue weighted by Gasteiger charge is -2.38. The number of rotatable bonds is 6. The third kappa shape index (κ3) is 3.36. The number of aryl methyl sites for hydroxylation is 1. The van der Waals surface area contributed by atoms with Gasteiger partial charge in [0, 0.05) is 31.6 Å². The maximum absolute atomic E-state index is 13.3. The van der Waals surface area contributed by atoms with Gasteiger partial charge in [-0.25, -0.2) is 0 Å². The largest absolute Gasteiger partial charge is 0.429 e. The van der Waals surface area contributed by atoms with Gasteiger partial charge in [0.2, 0.25) is 11.8 Å². The molecular formula is C24H28N4O4. The molecule has 0 unspecified atom stereocenters. The SMILES string of the molecule is C[C@@H](CN1C[C@H]2C[C@@H]1C(=O)N2[C@H]1CCc2cc(OC=O)ccc21)C(=O)N1CCC[C@H]1C#N. The van der Waals surface area contributed by atoms with Crippen molar-refractivity contribution in [3.05, 3.63) is 29.3 Å². The number of likely N-dealkylation sites (tertiary alicyclic amines) is 3. The number of carbonyl (C=O) groups is 3. The Kier molecular flexibility index (Phi) is 5.38. The standard InChI is InChI=1S/C24H28N4O4/c1-15(23(30)27-8-2-3-17(27)11-25)12-26-13-18-10-22(26)24(31)28(18)21-7-4-16-9-19(32-14-29)5-6-20(16)21/h5-6,9,14-15,17-18,21-22H,2-4,7-8,10,12-13H2,1H3/t15-,17-,18+,21-,22+/m0/s1. The highest BCUT2D eigenvalue weighted by Gasteiger charge is 2.53. The van der Waals surface area contributed by atoms with E-state index in [2.05, 4.69) is 15.9 Å². The van der Waals surface area contributed by atoms with Crippen molar-refractivity contribution in [2.24, 2.45) is 5.92 Å². The van der Waals surface area contributed by atoms with Crippen LogP contribution in [0.2, 0.25) is 0 Å². The van der Waals surface area contributed by atoms with Gasteiger partial charge >= 0.3 is 0 Å². The highest BCUT2D eigenvalue weighted by molar-refractivity contribution is 5.87. The van der Waals surface area contributed by atoms with Gasteiger partial charge in [-0.15, -0.1) is 0 Å². The molecule has 8 heteroatoms. The van der Waals surface area contributed by atoms with E-state index in [1.54, 1.807) is 11.0 Å². The highest BCUT2D eigenvalue weighted by Crippen LogP contribution is 2.44. The molecule has 3 heterocycles. The summed E-state index contributed by atoms with van der Waals surface area (Å²) in [4.78, 5) is 42.8. The Labute approximate surface area is 187 Å². The first kappa shape index (κ1) is 21.0. The van der Waals surface area contributed by atoms with Crippen molar-refractivity contribution in [2.45, 2.75) is 63.2 Å². The second kappa shape index (κ2) is 8.21. The Hall–Kier alpha value is -2.92. The van der Waals surface area contributed by atoms with Gasteiger partial charge in [-0.2, -0.15) is 5.26 Å². The van der Waals surface area contributed by atoms with Gasteiger partial charge in [-0.1, -0.05) is 13.0 Å². The zero-order valence-electron chi connectivity index (χ0n) is 18.3. The first-order valence-corrected chi connectivity index (χ1v) is 11.5. The first-order valence-electron chi connectivity index (χ1n) is 11.5. The smallest absolute Gasteiger partial charge is 0.298 e. The van der Waals surface area contributed by atoms with E-state index in [0.717, 1.165) is 49.8 Å². The van der Waals surface area contributed by atoms with Gasteiger partial charge in [0.15, 0.2) is 0 Å². The van der Waals surface area contributed by atoms with E-state index >= 15 is 0 Å². The monoisotopic (exact) mass is 436 g/mol. The maximum Gasteiger partial charge on any atom is 0.298 e. The number of fused-ring (bicyclic) bond motifs is 3. The number of benzene rings is 1. The Morgan fingerprint density at radius 2 is 2.19 bits per heavy atom. The molecular weight excluding hydrogens is 408 g/mol. The van der Waals surface area contributed by atoms with Gasteiger partial charge in [-0.3, -0.25) is 19.3 Å². The predicted molar refractivity (Wildman–Crippen MR) is 114 cm³/mol. The van der Waals surface area contributed by atoms with E-state index < -0.39 is 0 Å². The number of nitrogens with zero attached hydrogens (tertiary/aromatic N) is 4. The molecule has 0 spiro atoms. The molecule has 1 aromatic rings. The minimum Gasteiger partial charge on any atom is -0.429 e. The van der Waals surface area contributed by atoms with E-state index in [-0.39, 0.29) is 41.9 Å². The second-order valence-corrected chi connectivity index (χ2v) is 9.45. The average molecular weight is 437 g/mol. The third-order valence-corrected chi connectivity index (χ3v) is 7.61. The molecule has 168 valence electrons. The Balaban J connectivity index is 1.24. The number of ether oxygens (including phenoxy) is 1. The van der Waals surface area contributed by atoms with Crippen molar-refractivity contribution >= 4 is 18.3 Å². The normalized spacial score (nSPS) is 29.8. The molecule has 1 aliphatic carbocycles. The number of piperazine rings is 1. The lowest BCUT2D eigenvalue weighted by Crippen LogP contribution is -2.53. The quantitative estimate of drug-likeness (QED) is 0.630. The fourth-order valence-corrected chi connectivity index (χ4v) is 6.17. The van der Waals surface area contributed by atoms with Crippen LogP contribution in [0.1, 0.15) is 49.8 Å². The summed E-state index contributed by atoms with van der Waals surface area (Å²) < 4.78 is 4.97. The van der Waals surface area contributed by atoms with E-state index in [4.69, 9.17) is 4.74 Å². The van der Waals surface area contributed by atoms with E-state index in [9.17, 15) is 19.6 Å². The fraction of sp³-hybridized carbons (Fsp3) is 0.583. The summed E-state index contributed by atoms with van der Waals surface area (Å²) >= 11 is 0. The van der Waals surface area contributed by atoms with Crippen LogP contribution in [0.4, 0.5) is 0 Å². The van der Waals surface area contributed by atoms with E-state index in [1.807, 2.05) is 19.1 Å². The van der Waals surface area contributed by atoms with Crippen molar-refractivity contribution in [3.8, 4) is 11.8 Å². The molecule has 5 atom stereocenters. The number of nitriles is 1. The zero-order chi connectivity index (χ0) is 22.4. The first-order chi connectivity index (χ1) is 15.5. The van der Waals surface area contributed by atoms with Crippen LogP contribution in [0.25, 0.3) is 0 Å². The topological polar surface area (TPSA) is 93.9 Å². The molecule has 3 fully saturated rings. The Bertz CT molecular complexity index is 989. The summed E-state index contributed by atoms with van der Waals surface area (Å²) in [5, 5.41) is 9.29. The number of hydrogen-bond donors (Lipinski definition) is 0. The molecule has 0 radical (unpaired) electrons. The van der Waals surface area contributed by atoms with Gasteiger partial charge in [0.25, 0.3) is 6.47 Å². The molecule has 32 heavy (non-hydrogen) atoms. The third-order valence-electron chi connectivity index (χ3n) is 7.61. The summed E-state index contributed by atoms with van der Waals surface area (Å²) in [6.45, 7) is 4.34. The molecule has 3 aliphatic heterocycles. The van der Waals surface area contributed by atoms with Crippen molar-refractivity contribution in [3.63, 3.8) is 0 Å². The van der Waals surface area contributed by atoms with Crippen LogP contribution in [-0.2, 0) is 20.8 Å². The molecule has 0 N–H and O–H groups in total. The van der Waals surface area contributed by atoms with Gasteiger partial charge in [-0.05, 0) is 55.4 Å². The zero-order valence-corrected chi connectivity index (χ0v) is 18.3. The van der Waals surface area contributed by atoms with Crippen LogP contribution in [0.5, 0.6) is 5.75 Å². The molecule has 1 aromatic carbocycles. The number of hydrogen-bond acceptors (Lipinski definition) is 6. The van der Waals surface area contributed by atoms with Crippen LogP contribution < -0.4 is 4.74 Å². The molecule has 4 aliphatic rings. The fourth-order valence-electron chi connectivity index (χ4n) is 6.17. The summed E-state index contributed by atoms with van der Waals surface area (Å²) in [5.41, 5.74) is 2.29. The van der Waals surface area contributed by atoms with Crippen LogP contribution in [0, 0.1) is 17.2 Å². The van der Waals surface area contributed by atoms with Crippen molar-refractivity contribution in [1.82, 2.24) is 14.7 Å². The molecule has 2 amide bonds. The second-order valence-electron chi connectivity index (χ2n) is 9.45. The summed E-state index contributed by atoms with van der Waals surface area (Å²) in [5.74, 6) is 0.491. The van der Waals surface area contributed by atoms with Gasteiger partial charge in [0.05, 0.1) is 18.2 Å². The summed E-state index contributed by atoms with van der Waals surface area (Å²) in [6, 6.07) is 7.66. The van der Waals surface area contributed by atoms with Crippen LogP contribution in [0.3, 0.4) is 0 Å². The van der Waals surface area contributed by atoms with E-state index in [1.165, 1.54) is 0 Å². The molecule has 8 nitrogen and oxygen atoms in total. The van der Waals surface area contributed by atoms with Crippen molar-refractivity contribution in [2.75, 3.05) is 19.6 Å². The minimum absolute atomic E-state index is 0.0270. The molecule has 5 rings (SSSR count). The lowest BCUT2D eigenvalue weighted by molar-refractivity contribution is -0.142. The molecule has 0 saturated carbocycles. The van der Waals surface area contributed by atoms with Crippen LogP contribution >= 0.6 is 0 Å². The van der Waals surface area contributed by atoms with E-state index in [0.29, 0.717) is 25.3 Å². The summed E-state index contributed by atoms with van der Waals surface area (Å²) in [6.07, 6.45) is 4.19. The molecule has 2 bridgehead atoms. The number of amides is 2. The minimum atomic E-state index is -0.308. The predicted octanol–water partition coefficient (Wildman–Crippen LogP) is 1.64. The molecule has 0 aromatic heterocycles. The Morgan fingerprint density at radius 1 is 1.34 bits per heavy atom. The van der Waals surface area contributed by atoms with Crippen molar-refractivity contribution in [1.29, 1.82) is 5.26 Å². The van der Waals surface area contributed by atoms with Gasteiger partial charge in [0.1, 0.15) is 11.8 Å². The summed E-state index contributed by atoms with van der Waals surface area (Å²) in [7, 11) is 0. The highest BCUT2D eigenvalue weighted by atomic mass is 16.5. The van der Waals surface area contributed by atoms with Crippen LogP contribution in [-0.4, -0.2) is 70.7 Å². The lowest BCUT2D eigenvalue weighted by atomic mass is 10.0. The van der Waals surface area contributed by atoms with Crippen LogP contribution in [0.15, 0.2) is 18.2 Å². The van der Waals surface area contributed by atoms with Crippen molar-refractivity contribution < 1.29 is 19.1 Å². The van der Waals surface area contributed by atoms with Gasteiger partial charge < -0.3 is 14.5 Å². The Morgan fingerprint density at radius 3 is 2.94 bits per heavy atom. The average Bonchev–Trinajstić information content (AvgIpc) is 3.56. The number of carbonyl (C=O) groups excluding carboxylic acids is 3. The molecule has 3 saturated heterocycles. The maximum atomic E-state index is 13.3.